The van der Waals surface area contributed by atoms with Gasteiger partial charge in [0.15, 0.2) is 0 Å². The fourth-order valence-corrected chi connectivity index (χ4v) is 2.44. The van der Waals surface area contributed by atoms with Crippen LogP contribution in [0.1, 0.15) is 39.5 Å². The molecule has 1 aliphatic carbocycles. The van der Waals surface area contributed by atoms with Gasteiger partial charge in [-0.3, -0.25) is 9.69 Å². The summed E-state index contributed by atoms with van der Waals surface area (Å²) >= 11 is 0. The van der Waals surface area contributed by atoms with E-state index in [1.165, 1.54) is 0 Å². The van der Waals surface area contributed by atoms with Crippen LogP contribution < -0.4 is 11.5 Å². The van der Waals surface area contributed by atoms with Crippen molar-refractivity contribution in [2.45, 2.75) is 57.7 Å². The number of nitrogens with zero attached hydrogens (tertiary/aromatic N) is 1. The highest BCUT2D eigenvalue weighted by Gasteiger charge is 2.28. The predicted octanol–water partition coefficient (Wildman–Crippen LogP) is 0.452. The van der Waals surface area contributed by atoms with Gasteiger partial charge in [-0.1, -0.05) is 6.92 Å². The van der Waals surface area contributed by atoms with E-state index in [2.05, 4.69) is 11.8 Å². The van der Waals surface area contributed by atoms with Crippen molar-refractivity contribution in [2.24, 2.45) is 11.5 Å². The number of carbonyl (C=O) groups excluding carboxylic acids is 1. The molecule has 1 fully saturated rings. The molecule has 0 radical (unpaired) electrons. The van der Waals surface area contributed by atoms with Gasteiger partial charge in [0.1, 0.15) is 0 Å². The first-order valence-electron chi connectivity index (χ1n) is 5.86. The number of nitrogens with two attached hydrogens (primary N) is 2. The Morgan fingerprint density at radius 1 is 1.40 bits per heavy atom. The molecule has 0 aromatic heterocycles. The van der Waals surface area contributed by atoms with Crippen LogP contribution >= 0.6 is 0 Å². The average Bonchev–Trinajstić information content (AvgIpc) is 2.21. The zero-order chi connectivity index (χ0) is 11.4. The van der Waals surface area contributed by atoms with Crippen LogP contribution in [0.15, 0.2) is 0 Å². The third-order valence-electron chi connectivity index (χ3n) is 3.48. The third-order valence-corrected chi connectivity index (χ3v) is 3.48. The van der Waals surface area contributed by atoms with Crippen LogP contribution in [0.25, 0.3) is 0 Å². The summed E-state index contributed by atoms with van der Waals surface area (Å²) in [7, 11) is 0. The minimum Gasteiger partial charge on any atom is -0.368 e. The second kappa shape index (κ2) is 5.47. The van der Waals surface area contributed by atoms with Crippen LogP contribution in [0.2, 0.25) is 0 Å². The van der Waals surface area contributed by atoms with Crippen molar-refractivity contribution in [3.8, 4) is 0 Å². The van der Waals surface area contributed by atoms with Gasteiger partial charge >= 0.3 is 0 Å². The minimum absolute atomic E-state index is 0.158. The van der Waals surface area contributed by atoms with Crippen LogP contribution in [0.4, 0.5) is 0 Å². The van der Waals surface area contributed by atoms with Crippen LogP contribution in [0.5, 0.6) is 0 Å². The average molecular weight is 213 g/mol. The molecule has 4 heteroatoms. The molecule has 1 atom stereocenters. The van der Waals surface area contributed by atoms with Gasteiger partial charge in [-0.25, -0.2) is 0 Å². The van der Waals surface area contributed by atoms with Gasteiger partial charge in [-0.15, -0.1) is 0 Å². The lowest BCUT2D eigenvalue weighted by molar-refractivity contribution is -0.123. The van der Waals surface area contributed by atoms with Gasteiger partial charge in [-0.05, 0) is 39.2 Å². The maximum absolute atomic E-state index is 11.2. The SMILES string of the molecule is CCN(C1CCC(N)CC1)C(C)C(N)=O. The molecule has 1 unspecified atom stereocenters. The molecule has 4 N–H and O–H groups in total. The van der Waals surface area contributed by atoms with Crippen LogP contribution in [-0.2, 0) is 4.79 Å². The van der Waals surface area contributed by atoms with E-state index in [4.69, 9.17) is 11.5 Å². The molecule has 0 aromatic rings. The Kier molecular flexibility index (Phi) is 4.54. The van der Waals surface area contributed by atoms with Gasteiger partial charge < -0.3 is 11.5 Å². The van der Waals surface area contributed by atoms with Crippen LogP contribution in [0.3, 0.4) is 0 Å². The molecule has 0 spiro atoms. The van der Waals surface area contributed by atoms with Crippen molar-refractivity contribution in [3.05, 3.63) is 0 Å². The number of hydrogen-bond donors (Lipinski definition) is 2. The van der Waals surface area contributed by atoms with Crippen LogP contribution in [-0.4, -0.2) is 35.5 Å². The summed E-state index contributed by atoms with van der Waals surface area (Å²) in [5, 5.41) is 0. The molecule has 0 aromatic carbocycles. The quantitative estimate of drug-likeness (QED) is 0.712. The molecule has 1 rings (SSSR count). The summed E-state index contributed by atoms with van der Waals surface area (Å²) < 4.78 is 0. The van der Waals surface area contributed by atoms with Gasteiger partial charge in [0.05, 0.1) is 6.04 Å². The summed E-state index contributed by atoms with van der Waals surface area (Å²) in [6.07, 6.45) is 4.30. The van der Waals surface area contributed by atoms with Gasteiger partial charge in [0.25, 0.3) is 0 Å². The lowest BCUT2D eigenvalue weighted by atomic mass is 9.90. The summed E-state index contributed by atoms with van der Waals surface area (Å²) in [4.78, 5) is 13.4. The van der Waals surface area contributed by atoms with Gasteiger partial charge in [0, 0.05) is 12.1 Å². The first-order valence-corrected chi connectivity index (χ1v) is 5.86. The number of carbonyl (C=O) groups is 1. The van der Waals surface area contributed by atoms with Gasteiger partial charge in [0.2, 0.25) is 5.91 Å². The Bertz CT molecular complexity index is 212. The molecule has 1 amide bonds. The Morgan fingerprint density at radius 3 is 2.33 bits per heavy atom. The molecule has 15 heavy (non-hydrogen) atoms. The number of likely N-dealkylation sites (N-methyl/N-ethyl adjacent to an activating group) is 1. The largest absolute Gasteiger partial charge is 0.368 e. The van der Waals surface area contributed by atoms with Crippen LogP contribution in [0, 0.1) is 0 Å². The molecular formula is C11H23N3O. The molecular weight excluding hydrogens is 190 g/mol. The summed E-state index contributed by atoms with van der Waals surface area (Å²) in [6, 6.07) is 0.676. The number of amides is 1. The molecule has 1 aliphatic rings. The highest BCUT2D eigenvalue weighted by Crippen LogP contribution is 2.23. The smallest absolute Gasteiger partial charge is 0.234 e. The molecule has 4 nitrogen and oxygen atoms in total. The lowest BCUT2D eigenvalue weighted by Crippen LogP contribution is -2.50. The minimum atomic E-state index is -0.230. The molecule has 1 saturated carbocycles. The van der Waals surface area contributed by atoms with E-state index in [0.717, 1.165) is 32.2 Å². The molecule has 0 saturated heterocycles. The predicted molar refractivity (Wildman–Crippen MR) is 61.3 cm³/mol. The second-order valence-electron chi connectivity index (χ2n) is 4.48. The number of hydrogen-bond acceptors (Lipinski definition) is 3. The monoisotopic (exact) mass is 213 g/mol. The van der Waals surface area contributed by atoms with Crippen molar-refractivity contribution in [3.63, 3.8) is 0 Å². The summed E-state index contributed by atoms with van der Waals surface area (Å²) in [5.41, 5.74) is 11.2. The Hall–Kier alpha value is -0.610. The maximum atomic E-state index is 11.2. The zero-order valence-corrected chi connectivity index (χ0v) is 9.78. The van der Waals surface area contributed by atoms with E-state index < -0.39 is 0 Å². The van der Waals surface area contributed by atoms with E-state index in [-0.39, 0.29) is 11.9 Å². The standard InChI is InChI=1S/C11H23N3O/c1-3-14(8(2)11(13)15)10-6-4-9(12)5-7-10/h8-10H,3-7,12H2,1-2H3,(H2,13,15). The number of rotatable bonds is 4. The van der Waals surface area contributed by atoms with Crippen molar-refractivity contribution in [1.29, 1.82) is 0 Å². The first-order chi connectivity index (χ1) is 7.06. The van der Waals surface area contributed by atoms with E-state index in [1.807, 2.05) is 6.92 Å². The Morgan fingerprint density at radius 2 is 1.93 bits per heavy atom. The molecule has 0 aliphatic heterocycles. The van der Waals surface area contributed by atoms with Crippen molar-refractivity contribution in [2.75, 3.05) is 6.54 Å². The van der Waals surface area contributed by atoms with E-state index in [1.54, 1.807) is 0 Å². The zero-order valence-electron chi connectivity index (χ0n) is 9.78. The van der Waals surface area contributed by atoms with E-state index >= 15 is 0 Å². The number of primary amides is 1. The fraction of sp³-hybridized carbons (Fsp3) is 0.909. The summed E-state index contributed by atoms with van der Waals surface area (Å²) in [5.74, 6) is -0.230. The van der Waals surface area contributed by atoms with Gasteiger partial charge in [-0.2, -0.15) is 0 Å². The van der Waals surface area contributed by atoms with E-state index in [9.17, 15) is 4.79 Å². The topological polar surface area (TPSA) is 72.3 Å². The second-order valence-corrected chi connectivity index (χ2v) is 4.48. The maximum Gasteiger partial charge on any atom is 0.234 e. The van der Waals surface area contributed by atoms with Crippen molar-refractivity contribution in [1.82, 2.24) is 4.90 Å². The Balaban J connectivity index is 2.55. The normalized spacial score (nSPS) is 29.1. The Labute approximate surface area is 92.0 Å². The third kappa shape index (κ3) is 3.18. The fourth-order valence-electron chi connectivity index (χ4n) is 2.44. The first kappa shape index (κ1) is 12.5. The molecule has 88 valence electrons. The van der Waals surface area contributed by atoms with Crippen molar-refractivity contribution < 1.29 is 4.79 Å². The highest BCUT2D eigenvalue weighted by molar-refractivity contribution is 5.79. The lowest BCUT2D eigenvalue weighted by Gasteiger charge is -2.37. The highest BCUT2D eigenvalue weighted by atomic mass is 16.1. The van der Waals surface area contributed by atoms with Crippen molar-refractivity contribution >= 4 is 5.91 Å². The molecule has 0 bridgehead atoms. The molecule has 0 heterocycles. The van der Waals surface area contributed by atoms with E-state index in [0.29, 0.717) is 12.1 Å². The summed E-state index contributed by atoms with van der Waals surface area (Å²) in [6.45, 7) is 4.85.